The first-order valence-electron chi connectivity index (χ1n) is 6.45. The van der Waals surface area contributed by atoms with Gasteiger partial charge in [0.25, 0.3) is 0 Å². The van der Waals surface area contributed by atoms with Crippen LogP contribution in [0, 0.1) is 0 Å². The van der Waals surface area contributed by atoms with Crippen molar-refractivity contribution in [3.63, 3.8) is 0 Å². The third kappa shape index (κ3) is 3.06. The Hall–Kier alpha value is -2.73. The van der Waals surface area contributed by atoms with Crippen LogP contribution >= 0.6 is 0 Å². The summed E-state index contributed by atoms with van der Waals surface area (Å²) in [7, 11) is 0. The van der Waals surface area contributed by atoms with Crippen molar-refractivity contribution in [2.75, 3.05) is 0 Å². The Labute approximate surface area is 120 Å². The minimum Gasteiger partial charge on any atom is -0.475 e. The third-order valence-corrected chi connectivity index (χ3v) is 3.05. The Morgan fingerprint density at radius 1 is 1.24 bits per heavy atom. The fraction of sp³-hybridized carbons (Fsp3) is 0.133. The largest absolute Gasteiger partial charge is 0.475 e. The van der Waals surface area contributed by atoms with E-state index in [-0.39, 0.29) is 5.76 Å². The van der Waals surface area contributed by atoms with Crippen molar-refractivity contribution in [2.45, 2.75) is 13.1 Å². The molecular weight excluding hydrogens is 270 g/mol. The van der Waals surface area contributed by atoms with Gasteiger partial charge >= 0.3 is 5.97 Å². The molecule has 0 bridgehead atoms. The lowest BCUT2D eigenvalue weighted by atomic mass is 10.1. The number of carbonyl (C=O) groups is 1. The van der Waals surface area contributed by atoms with E-state index in [1.807, 2.05) is 24.3 Å². The minimum atomic E-state index is -1.06. The Kier molecular flexibility index (Phi) is 3.61. The Balaban J connectivity index is 1.68. The van der Waals surface area contributed by atoms with E-state index in [0.717, 1.165) is 16.6 Å². The first-order chi connectivity index (χ1) is 10.2. The van der Waals surface area contributed by atoms with E-state index in [9.17, 15) is 4.79 Å². The van der Waals surface area contributed by atoms with Crippen molar-refractivity contribution >= 4 is 16.9 Å². The molecule has 2 heterocycles. The number of fused-ring (bicyclic) bond motifs is 1. The Bertz CT molecular complexity index is 768. The maximum atomic E-state index is 10.9. The van der Waals surface area contributed by atoms with Crippen molar-refractivity contribution in [3.05, 3.63) is 59.6 Å². The predicted molar refractivity (Wildman–Crippen MR) is 75.7 cm³/mol. The lowest BCUT2D eigenvalue weighted by Gasteiger charge is -2.04. The standard InChI is InChI=1S/C15H13N3O3/c19-15(20)14-7-11-6-10(3-4-13(11)21-14)8-16-9-12-2-1-5-17-18-12/h1-7,16H,8-9H2,(H,19,20). The molecule has 0 saturated carbocycles. The Morgan fingerprint density at radius 3 is 2.90 bits per heavy atom. The molecule has 0 saturated heterocycles. The van der Waals surface area contributed by atoms with Crippen molar-refractivity contribution < 1.29 is 14.3 Å². The zero-order chi connectivity index (χ0) is 14.7. The average molecular weight is 283 g/mol. The summed E-state index contributed by atoms with van der Waals surface area (Å²) in [5.41, 5.74) is 2.49. The number of rotatable bonds is 5. The van der Waals surface area contributed by atoms with Gasteiger partial charge in [-0.3, -0.25) is 0 Å². The summed E-state index contributed by atoms with van der Waals surface area (Å²) in [5.74, 6) is -1.11. The van der Waals surface area contributed by atoms with E-state index in [2.05, 4.69) is 15.5 Å². The average Bonchev–Trinajstić information content (AvgIpc) is 2.92. The van der Waals surface area contributed by atoms with Gasteiger partial charge in [-0.2, -0.15) is 10.2 Å². The number of aromatic nitrogens is 2. The van der Waals surface area contributed by atoms with Gasteiger partial charge < -0.3 is 14.8 Å². The lowest BCUT2D eigenvalue weighted by molar-refractivity contribution is 0.0665. The van der Waals surface area contributed by atoms with Crippen LogP contribution < -0.4 is 5.32 Å². The van der Waals surface area contributed by atoms with E-state index >= 15 is 0 Å². The molecule has 0 aliphatic carbocycles. The summed E-state index contributed by atoms with van der Waals surface area (Å²) in [4.78, 5) is 10.9. The van der Waals surface area contributed by atoms with Gasteiger partial charge in [0.1, 0.15) is 5.58 Å². The first-order valence-corrected chi connectivity index (χ1v) is 6.45. The van der Waals surface area contributed by atoms with Crippen LogP contribution in [0.5, 0.6) is 0 Å². The highest BCUT2D eigenvalue weighted by Gasteiger charge is 2.10. The summed E-state index contributed by atoms with van der Waals surface area (Å²) in [6, 6.07) is 10.9. The van der Waals surface area contributed by atoms with Crippen LogP contribution in [0.2, 0.25) is 0 Å². The minimum absolute atomic E-state index is 0.0466. The first kappa shape index (κ1) is 13.3. The molecule has 2 N–H and O–H groups in total. The molecule has 0 aliphatic rings. The van der Waals surface area contributed by atoms with Crippen molar-refractivity contribution in [1.29, 1.82) is 0 Å². The van der Waals surface area contributed by atoms with Gasteiger partial charge in [-0.1, -0.05) is 6.07 Å². The van der Waals surface area contributed by atoms with Gasteiger partial charge in [-0.05, 0) is 35.9 Å². The van der Waals surface area contributed by atoms with Crippen LogP contribution in [0.3, 0.4) is 0 Å². The van der Waals surface area contributed by atoms with Crippen LogP contribution in [0.25, 0.3) is 11.0 Å². The maximum Gasteiger partial charge on any atom is 0.371 e. The zero-order valence-corrected chi connectivity index (χ0v) is 11.1. The monoisotopic (exact) mass is 283 g/mol. The third-order valence-electron chi connectivity index (χ3n) is 3.05. The normalized spacial score (nSPS) is 10.9. The molecule has 0 aliphatic heterocycles. The molecular formula is C15H13N3O3. The van der Waals surface area contributed by atoms with Gasteiger partial charge in [0.2, 0.25) is 5.76 Å². The number of carboxylic acid groups (broad SMARTS) is 1. The van der Waals surface area contributed by atoms with Crippen LogP contribution in [0.15, 0.2) is 47.0 Å². The Morgan fingerprint density at radius 2 is 2.14 bits per heavy atom. The second-order valence-electron chi connectivity index (χ2n) is 4.61. The van der Waals surface area contributed by atoms with E-state index in [1.165, 1.54) is 6.07 Å². The fourth-order valence-electron chi connectivity index (χ4n) is 2.07. The second-order valence-corrected chi connectivity index (χ2v) is 4.61. The highest BCUT2D eigenvalue weighted by Crippen LogP contribution is 2.20. The molecule has 21 heavy (non-hydrogen) atoms. The summed E-state index contributed by atoms with van der Waals surface area (Å²) in [5, 5.41) is 20.8. The number of carboxylic acids is 1. The number of nitrogens with one attached hydrogen (secondary N) is 1. The van der Waals surface area contributed by atoms with E-state index in [1.54, 1.807) is 12.3 Å². The van der Waals surface area contributed by atoms with Gasteiger partial charge in [-0.15, -0.1) is 0 Å². The molecule has 0 amide bonds. The van der Waals surface area contributed by atoms with Gasteiger partial charge in [0.05, 0.1) is 5.69 Å². The van der Waals surface area contributed by atoms with Crippen molar-refractivity contribution in [3.8, 4) is 0 Å². The molecule has 6 heteroatoms. The number of nitrogens with zero attached hydrogens (tertiary/aromatic N) is 2. The molecule has 2 aromatic heterocycles. The summed E-state index contributed by atoms with van der Waals surface area (Å²) < 4.78 is 5.22. The molecule has 6 nitrogen and oxygen atoms in total. The zero-order valence-electron chi connectivity index (χ0n) is 11.1. The molecule has 0 atom stereocenters. The SMILES string of the molecule is O=C(O)c1cc2cc(CNCc3cccnn3)ccc2o1. The highest BCUT2D eigenvalue weighted by molar-refractivity contribution is 5.91. The number of furan rings is 1. The van der Waals surface area contributed by atoms with Crippen LogP contribution in [-0.4, -0.2) is 21.3 Å². The fourth-order valence-corrected chi connectivity index (χ4v) is 2.07. The topological polar surface area (TPSA) is 88.2 Å². The molecule has 0 fully saturated rings. The lowest BCUT2D eigenvalue weighted by Crippen LogP contribution is -2.13. The smallest absolute Gasteiger partial charge is 0.371 e. The number of aromatic carboxylic acids is 1. The molecule has 1 aromatic carbocycles. The van der Waals surface area contributed by atoms with Crippen molar-refractivity contribution in [1.82, 2.24) is 15.5 Å². The van der Waals surface area contributed by atoms with E-state index in [4.69, 9.17) is 9.52 Å². The molecule has 106 valence electrons. The van der Waals surface area contributed by atoms with E-state index in [0.29, 0.717) is 18.7 Å². The number of hydrogen-bond donors (Lipinski definition) is 2. The summed E-state index contributed by atoms with van der Waals surface area (Å²) in [6.45, 7) is 1.28. The highest BCUT2D eigenvalue weighted by atomic mass is 16.4. The molecule has 0 spiro atoms. The second kappa shape index (κ2) is 5.72. The molecule has 0 radical (unpaired) electrons. The van der Waals surface area contributed by atoms with E-state index < -0.39 is 5.97 Å². The molecule has 3 aromatic rings. The molecule has 3 rings (SSSR count). The van der Waals surface area contributed by atoms with Crippen LogP contribution in [-0.2, 0) is 13.1 Å². The summed E-state index contributed by atoms with van der Waals surface area (Å²) in [6.07, 6.45) is 1.64. The number of benzene rings is 1. The van der Waals surface area contributed by atoms with Gasteiger partial charge in [0.15, 0.2) is 0 Å². The number of hydrogen-bond acceptors (Lipinski definition) is 5. The van der Waals surface area contributed by atoms with Crippen molar-refractivity contribution in [2.24, 2.45) is 0 Å². The van der Waals surface area contributed by atoms with Crippen LogP contribution in [0.4, 0.5) is 0 Å². The maximum absolute atomic E-state index is 10.9. The summed E-state index contributed by atoms with van der Waals surface area (Å²) >= 11 is 0. The van der Waals surface area contributed by atoms with Gasteiger partial charge in [0, 0.05) is 24.7 Å². The predicted octanol–water partition coefficient (Wildman–Crippen LogP) is 2.21. The molecule has 0 unspecified atom stereocenters. The van der Waals surface area contributed by atoms with Gasteiger partial charge in [-0.25, -0.2) is 4.79 Å². The quantitative estimate of drug-likeness (QED) is 0.746. The van der Waals surface area contributed by atoms with Crippen LogP contribution in [0.1, 0.15) is 21.8 Å².